The number of aryl methyl sites for hydroxylation is 1. The van der Waals surface area contributed by atoms with Crippen molar-refractivity contribution in [2.45, 2.75) is 109 Å². The highest BCUT2D eigenvalue weighted by Crippen LogP contribution is 2.35. The molecule has 4 heterocycles. The fraction of sp³-hybridized carbons (Fsp3) is 0.595. The minimum absolute atomic E-state index is 0.0847. The van der Waals surface area contributed by atoms with Crippen molar-refractivity contribution in [2.75, 3.05) is 13.1 Å². The normalized spacial score (nSPS) is 25.6. The van der Waals surface area contributed by atoms with Gasteiger partial charge in [0.1, 0.15) is 23.7 Å². The van der Waals surface area contributed by atoms with Crippen LogP contribution in [0.25, 0.3) is 11.0 Å². The first-order valence-electron chi connectivity index (χ1n) is 18.2. The smallest absolute Gasteiger partial charge is 0.408 e. The number of amides is 5. The van der Waals surface area contributed by atoms with Gasteiger partial charge in [-0.05, 0) is 95.2 Å². The number of carbonyl (C=O) groups excluding carboxylic acids is 5. The maximum absolute atomic E-state index is 13.7. The number of piperidine rings is 1. The summed E-state index contributed by atoms with van der Waals surface area (Å²) in [5, 5.41) is 14.7. The lowest BCUT2D eigenvalue weighted by Crippen LogP contribution is -2.58. The predicted molar refractivity (Wildman–Crippen MR) is 188 cm³/mol. The van der Waals surface area contributed by atoms with Crippen molar-refractivity contribution in [1.29, 1.82) is 0 Å². The van der Waals surface area contributed by atoms with Crippen LogP contribution in [0.2, 0.25) is 0 Å². The van der Waals surface area contributed by atoms with E-state index in [1.165, 1.54) is 9.47 Å². The Morgan fingerprint density at radius 1 is 0.981 bits per heavy atom. The van der Waals surface area contributed by atoms with Crippen molar-refractivity contribution in [3.05, 3.63) is 46.0 Å². The molecular formula is C37H48N6O9. The summed E-state index contributed by atoms with van der Waals surface area (Å²) in [7, 11) is 1.68. The molecule has 1 aliphatic carbocycles. The van der Waals surface area contributed by atoms with E-state index in [1.807, 2.05) is 18.2 Å². The molecular weight excluding hydrogens is 672 g/mol. The van der Waals surface area contributed by atoms with Crippen LogP contribution in [0.4, 0.5) is 4.79 Å². The van der Waals surface area contributed by atoms with Crippen LogP contribution in [-0.4, -0.2) is 90.5 Å². The van der Waals surface area contributed by atoms with E-state index in [-0.39, 0.29) is 49.2 Å². The van der Waals surface area contributed by atoms with Crippen molar-refractivity contribution < 1.29 is 38.6 Å². The summed E-state index contributed by atoms with van der Waals surface area (Å²) in [6, 6.07) is 2.90. The number of carbonyl (C=O) groups is 6. The molecule has 2 saturated heterocycles. The van der Waals surface area contributed by atoms with E-state index in [4.69, 9.17) is 4.74 Å². The van der Waals surface area contributed by atoms with Crippen LogP contribution >= 0.6 is 0 Å². The summed E-state index contributed by atoms with van der Waals surface area (Å²) in [5.74, 6) is -2.06. The number of hydrogen-bond acceptors (Lipinski definition) is 8. The van der Waals surface area contributed by atoms with Crippen molar-refractivity contribution in [3.8, 4) is 0 Å². The topological polar surface area (TPSA) is 189 Å². The summed E-state index contributed by atoms with van der Waals surface area (Å²) >= 11 is 0. The van der Waals surface area contributed by atoms with E-state index in [9.17, 15) is 38.7 Å². The molecule has 0 spiro atoms. The molecule has 4 aliphatic rings. The summed E-state index contributed by atoms with van der Waals surface area (Å²) in [4.78, 5) is 92.4. The minimum atomic E-state index is -1.17. The third kappa shape index (κ3) is 7.77. The van der Waals surface area contributed by atoms with Crippen molar-refractivity contribution in [3.63, 3.8) is 0 Å². The second kappa shape index (κ2) is 14.6. The number of imidazole rings is 1. The molecule has 2 aromatic rings. The highest BCUT2D eigenvalue weighted by molar-refractivity contribution is 6.00. The van der Waals surface area contributed by atoms with Crippen LogP contribution in [0.1, 0.15) is 90.2 Å². The van der Waals surface area contributed by atoms with Crippen molar-refractivity contribution in [2.24, 2.45) is 18.9 Å². The first-order chi connectivity index (χ1) is 24.6. The molecule has 3 fully saturated rings. The molecule has 0 radical (unpaired) electrons. The van der Waals surface area contributed by atoms with Gasteiger partial charge in [0.05, 0.1) is 17.6 Å². The molecule has 1 unspecified atom stereocenters. The zero-order chi connectivity index (χ0) is 37.5. The molecule has 0 bridgehead atoms. The van der Waals surface area contributed by atoms with E-state index < -0.39 is 47.6 Å². The Kier molecular flexibility index (Phi) is 10.3. The van der Waals surface area contributed by atoms with E-state index in [2.05, 4.69) is 10.6 Å². The number of rotatable bonds is 7. The Bertz CT molecular complexity index is 1880. The lowest BCUT2D eigenvalue weighted by atomic mass is 9.78. The average molecular weight is 721 g/mol. The van der Waals surface area contributed by atoms with Gasteiger partial charge >= 0.3 is 17.8 Å². The Hall–Kier alpha value is -4.95. The quantitative estimate of drug-likeness (QED) is 0.361. The fourth-order valence-corrected chi connectivity index (χ4v) is 8.09. The standard InChI is InChI=1S/C37H48N6O9/c1-37(2,3)52-35(50)38-25-20-41(16-15-24-10-12-28(34(48)49)42(24)33(25)47)31(45)19-22-7-5-21(6-8-22)17-23-9-11-26-29(18-23)40(4)36(51)43(26)27-13-14-30(44)39-32(27)46/h9-11,18,21-22,25,27-28H,5-8,12-17,19-20H2,1-4H3,(H,38,50)(H,48,49)(H,39,44,46)/t21?,22?,25-,27?,28-/m0/s1. The van der Waals surface area contributed by atoms with Crippen LogP contribution in [0.5, 0.6) is 0 Å². The van der Waals surface area contributed by atoms with Crippen LogP contribution in [0, 0.1) is 11.8 Å². The molecule has 3 N–H and O–H groups in total. The Morgan fingerprint density at radius 3 is 2.37 bits per heavy atom. The van der Waals surface area contributed by atoms with Gasteiger partial charge in [0, 0.05) is 38.6 Å². The molecule has 15 nitrogen and oxygen atoms in total. The highest BCUT2D eigenvalue weighted by Gasteiger charge is 2.42. The monoisotopic (exact) mass is 720 g/mol. The van der Waals surface area contributed by atoms with E-state index in [1.54, 1.807) is 43.4 Å². The van der Waals surface area contributed by atoms with Crippen LogP contribution in [0.3, 0.4) is 0 Å². The maximum atomic E-state index is 13.7. The Morgan fingerprint density at radius 2 is 1.69 bits per heavy atom. The number of carboxylic acid groups (broad SMARTS) is 1. The molecule has 1 aromatic carbocycles. The van der Waals surface area contributed by atoms with Gasteiger partial charge < -0.3 is 20.1 Å². The number of nitrogens with zero attached hydrogens (tertiary/aromatic N) is 4. The molecule has 1 saturated carbocycles. The van der Waals surface area contributed by atoms with Crippen LogP contribution in [0.15, 0.2) is 34.8 Å². The largest absolute Gasteiger partial charge is 0.480 e. The van der Waals surface area contributed by atoms with Gasteiger partial charge in [-0.3, -0.25) is 38.5 Å². The average Bonchev–Trinajstić information content (AvgIpc) is 3.60. The van der Waals surface area contributed by atoms with Gasteiger partial charge in [0.2, 0.25) is 17.7 Å². The predicted octanol–water partition coefficient (Wildman–Crippen LogP) is 2.75. The molecule has 52 heavy (non-hydrogen) atoms. The number of aliphatic carboxylic acids is 1. The summed E-state index contributed by atoms with van der Waals surface area (Å²) in [6.45, 7) is 5.30. The number of aromatic nitrogens is 2. The number of fused-ring (bicyclic) bond motifs is 2. The van der Waals surface area contributed by atoms with Gasteiger partial charge in [0.25, 0.3) is 5.91 Å². The van der Waals surface area contributed by atoms with Crippen molar-refractivity contribution in [1.82, 2.24) is 29.6 Å². The minimum Gasteiger partial charge on any atom is -0.480 e. The second-order valence-electron chi connectivity index (χ2n) is 15.6. The second-order valence-corrected chi connectivity index (χ2v) is 15.6. The Balaban J connectivity index is 1.08. The SMILES string of the molecule is Cn1c(=O)n(C2CCC(=O)NC2=O)c2ccc(CC3CCC(CC(=O)N4CCC5=CC[C@@H](C(=O)O)N5C(=O)[C@@H](NC(=O)OC(C)(C)C)C4)CC3)cc21. The lowest BCUT2D eigenvalue weighted by molar-refractivity contribution is -0.149. The van der Waals surface area contributed by atoms with Crippen LogP contribution in [-0.2, 0) is 42.2 Å². The van der Waals surface area contributed by atoms with Gasteiger partial charge in [0.15, 0.2) is 0 Å². The van der Waals surface area contributed by atoms with E-state index >= 15 is 0 Å². The van der Waals surface area contributed by atoms with Gasteiger partial charge in [-0.2, -0.15) is 0 Å². The van der Waals surface area contributed by atoms with E-state index in [0.29, 0.717) is 36.5 Å². The number of imide groups is 1. The van der Waals surface area contributed by atoms with Gasteiger partial charge in [-0.15, -0.1) is 0 Å². The molecule has 1 aromatic heterocycles. The molecule has 15 heteroatoms. The molecule has 3 atom stereocenters. The van der Waals surface area contributed by atoms with E-state index in [0.717, 1.165) is 43.2 Å². The van der Waals surface area contributed by atoms with Gasteiger partial charge in [-0.1, -0.05) is 12.1 Å². The number of benzene rings is 1. The molecule has 3 aliphatic heterocycles. The number of carboxylic acids is 1. The van der Waals surface area contributed by atoms with Crippen LogP contribution < -0.4 is 16.3 Å². The van der Waals surface area contributed by atoms with Gasteiger partial charge in [-0.25, -0.2) is 14.4 Å². The zero-order valence-corrected chi connectivity index (χ0v) is 30.2. The molecule has 5 amide bonds. The third-order valence-electron chi connectivity index (χ3n) is 10.7. The summed E-state index contributed by atoms with van der Waals surface area (Å²) in [6.07, 6.45) is 6.53. The zero-order valence-electron chi connectivity index (χ0n) is 30.2. The number of alkyl carbamates (subject to hydrolysis) is 1. The number of ether oxygens (including phenoxy) is 1. The Labute approximate surface area is 301 Å². The summed E-state index contributed by atoms with van der Waals surface area (Å²) in [5.41, 5.74) is 1.88. The third-order valence-corrected chi connectivity index (χ3v) is 10.7. The number of nitrogens with one attached hydrogen (secondary N) is 2. The highest BCUT2D eigenvalue weighted by atomic mass is 16.6. The number of hydrogen-bond donors (Lipinski definition) is 3. The molecule has 6 rings (SSSR count). The maximum Gasteiger partial charge on any atom is 0.408 e. The first-order valence-corrected chi connectivity index (χ1v) is 18.2. The first kappa shape index (κ1) is 36.8. The molecule has 280 valence electrons. The fourth-order valence-electron chi connectivity index (χ4n) is 8.09. The summed E-state index contributed by atoms with van der Waals surface area (Å²) < 4.78 is 8.41. The van der Waals surface area contributed by atoms with Crippen molar-refractivity contribution >= 4 is 46.7 Å². The lowest BCUT2D eigenvalue weighted by Gasteiger charge is -2.37.